The molecule has 0 saturated carbocycles. The monoisotopic (exact) mass is 389 g/mol. The van der Waals surface area contributed by atoms with Gasteiger partial charge in [0.15, 0.2) is 12.4 Å². The molecule has 2 aromatic rings. The second-order valence-corrected chi connectivity index (χ2v) is 5.52. The molecule has 0 fully saturated rings. The summed E-state index contributed by atoms with van der Waals surface area (Å²) in [7, 11) is 0. The quantitative estimate of drug-likeness (QED) is 0.314. The smallest absolute Gasteiger partial charge is 0.168 e. The molecule has 1 heterocycles. The first-order valence-electron chi connectivity index (χ1n) is 10.8. The van der Waals surface area contributed by atoms with Crippen LogP contribution in [0.5, 0.6) is 0 Å². The summed E-state index contributed by atoms with van der Waals surface area (Å²) < 4.78 is 2.18. The lowest BCUT2D eigenvalue weighted by Crippen LogP contribution is -2.31. The summed E-state index contributed by atoms with van der Waals surface area (Å²) in [5.74, 6) is 0. The molecule has 0 aliphatic heterocycles. The minimum absolute atomic E-state index is 0.822. The van der Waals surface area contributed by atoms with Crippen molar-refractivity contribution < 1.29 is 4.57 Å². The van der Waals surface area contributed by atoms with Crippen LogP contribution in [0.2, 0.25) is 0 Å². The van der Waals surface area contributed by atoms with Crippen molar-refractivity contribution in [1.29, 1.82) is 0 Å². The molecule has 0 aliphatic rings. The van der Waals surface area contributed by atoms with Crippen LogP contribution in [-0.2, 0) is 6.54 Å². The zero-order chi connectivity index (χ0) is 22.8. The van der Waals surface area contributed by atoms with Gasteiger partial charge in [0, 0.05) is 24.2 Å². The number of nitrogens with two attached hydrogens (primary N) is 1. The number of hydrogen-bond donors (Lipinski definition) is 1. The van der Waals surface area contributed by atoms with Gasteiger partial charge >= 0.3 is 0 Å². The molecular formula is C26H49N2+. The first kappa shape index (κ1) is 33.5. The van der Waals surface area contributed by atoms with E-state index in [0.29, 0.717) is 0 Å². The molecule has 2 N–H and O–H groups in total. The van der Waals surface area contributed by atoms with E-state index < -0.39 is 0 Å². The Hall–Kier alpha value is -2.09. The van der Waals surface area contributed by atoms with E-state index in [1.165, 1.54) is 17.6 Å². The van der Waals surface area contributed by atoms with E-state index in [9.17, 15) is 0 Å². The Morgan fingerprint density at radius 1 is 0.679 bits per heavy atom. The molecule has 0 saturated heterocycles. The summed E-state index contributed by atoms with van der Waals surface area (Å²) >= 11 is 0. The topological polar surface area (TPSA) is 29.9 Å². The summed E-state index contributed by atoms with van der Waals surface area (Å²) in [5.41, 5.74) is 9.03. The number of anilines is 1. The average molecular weight is 390 g/mol. The van der Waals surface area contributed by atoms with Crippen LogP contribution in [0.3, 0.4) is 0 Å². The summed E-state index contributed by atoms with van der Waals surface area (Å²) in [5, 5.41) is 0. The van der Waals surface area contributed by atoms with Crippen molar-refractivity contribution in [2.75, 3.05) is 5.73 Å². The number of benzene rings is 1. The highest BCUT2D eigenvalue weighted by atomic mass is 14.9. The second kappa shape index (κ2) is 29.7. The van der Waals surface area contributed by atoms with Crippen molar-refractivity contribution in [3.05, 3.63) is 72.1 Å². The van der Waals surface area contributed by atoms with Crippen LogP contribution in [-0.4, -0.2) is 0 Å². The number of nitrogen functional groups attached to an aromatic ring is 1. The number of pyridine rings is 1. The zero-order valence-corrected chi connectivity index (χ0v) is 20.7. The predicted octanol–water partition coefficient (Wildman–Crippen LogP) is 8.09. The van der Waals surface area contributed by atoms with Crippen LogP contribution in [0.1, 0.15) is 82.6 Å². The van der Waals surface area contributed by atoms with Gasteiger partial charge in [-0.25, -0.2) is 4.57 Å². The van der Waals surface area contributed by atoms with Crippen molar-refractivity contribution in [2.24, 2.45) is 0 Å². The Kier molecular flexibility index (Phi) is 35.5. The maximum atomic E-state index is 5.36. The number of allylic oxidation sites excluding steroid dienone is 2. The average Bonchev–Trinajstić information content (AvgIpc) is 2.75. The highest BCUT2D eigenvalue weighted by Gasteiger charge is 1.90. The maximum absolute atomic E-state index is 5.36. The Bertz CT molecular complexity index is 499. The molecule has 0 aliphatic carbocycles. The summed E-state index contributed by atoms with van der Waals surface area (Å²) in [4.78, 5) is 0. The SMILES string of the molecule is CC.CC.CC.CC(C)=C(C)C.CCC[n+]1ccccc1.Nc1ccccc1. The molecule has 28 heavy (non-hydrogen) atoms. The Morgan fingerprint density at radius 2 is 1.04 bits per heavy atom. The Labute approximate surface area is 177 Å². The van der Waals surface area contributed by atoms with Gasteiger partial charge in [-0.05, 0) is 39.8 Å². The number of hydrogen-bond acceptors (Lipinski definition) is 1. The van der Waals surface area contributed by atoms with E-state index in [4.69, 9.17) is 5.73 Å². The van der Waals surface area contributed by atoms with Crippen LogP contribution < -0.4 is 10.3 Å². The molecule has 1 aromatic carbocycles. The van der Waals surface area contributed by atoms with Gasteiger partial charge in [-0.3, -0.25) is 0 Å². The first-order valence-corrected chi connectivity index (χ1v) is 10.8. The molecule has 162 valence electrons. The molecule has 1 aromatic heterocycles. The lowest BCUT2D eigenvalue weighted by molar-refractivity contribution is -0.697. The molecule has 2 nitrogen and oxygen atoms in total. The first-order chi connectivity index (χ1) is 13.5. The van der Waals surface area contributed by atoms with Gasteiger partial charge in [0.1, 0.15) is 6.54 Å². The number of nitrogens with zero attached hydrogens (tertiary/aromatic N) is 1. The molecule has 2 heteroatoms. The number of aromatic nitrogens is 1. The number of aryl methyl sites for hydroxylation is 1. The summed E-state index contributed by atoms with van der Waals surface area (Å²) in [6, 6.07) is 15.6. The second-order valence-electron chi connectivity index (χ2n) is 5.52. The third-order valence-corrected chi connectivity index (χ3v) is 3.06. The maximum Gasteiger partial charge on any atom is 0.168 e. The van der Waals surface area contributed by atoms with Gasteiger partial charge in [-0.1, -0.05) is 83.9 Å². The van der Waals surface area contributed by atoms with Gasteiger partial charge in [-0.2, -0.15) is 0 Å². The minimum atomic E-state index is 0.822. The molecule has 0 unspecified atom stereocenters. The van der Waals surface area contributed by atoms with E-state index >= 15 is 0 Å². The zero-order valence-electron chi connectivity index (χ0n) is 20.7. The summed E-state index contributed by atoms with van der Waals surface area (Å²) in [6.45, 7) is 23.8. The minimum Gasteiger partial charge on any atom is -0.399 e. The largest absolute Gasteiger partial charge is 0.399 e. The fourth-order valence-electron chi connectivity index (χ4n) is 1.29. The van der Waals surface area contributed by atoms with E-state index in [1.54, 1.807) is 0 Å². The normalized spacial score (nSPS) is 7.54. The molecule has 0 atom stereocenters. The van der Waals surface area contributed by atoms with Crippen LogP contribution >= 0.6 is 0 Å². The molecule has 0 bridgehead atoms. The lowest BCUT2D eigenvalue weighted by atomic mass is 10.2. The van der Waals surface area contributed by atoms with Crippen molar-refractivity contribution in [2.45, 2.75) is 89.1 Å². The Balaban J connectivity index is -0.000000138. The molecule has 0 radical (unpaired) electrons. The predicted molar refractivity (Wildman–Crippen MR) is 132 cm³/mol. The molecule has 0 spiro atoms. The number of rotatable bonds is 2. The van der Waals surface area contributed by atoms with Crippen LogP contribution in [0.25, 0.3) is 0 Å². The van der Waals surface area contributed by atoms with Crippen molar-refractivity contribution in [1.82, 2.24) is 0 Å². The third-order valence-electron chi connectivity index (χ3n) is 3.06. The van der Waals surface area contributed by atoms with Crippen LogP contribution in [0.15, 0.2) is 72.1 Å². The Morgan fingerprint density at radius 3 is 1.29 bits per heavy atom. The lowest BCUT2D eigenvalue weighted by Gasteiger charge is -1.88. The van der Waals surface area contributed by atoms with Gasteiger partial charge < -0.3 is 5.73 Å². The van der Waals surface area contributed by atoms with E-state index in [1.807, 2.05) is 77.9 Å². The molecule has 2 rings (SSSR count). The van der Waals surface area contributed by atoms with Gasteiger partial charge in [-0.15, -0.1) is 0 Å². The number of para-hydroxylation sites is 1. The van der Waals surface area contributed by atoms with Gasteiger partial charge in [0.2, 0.25) is 0 Å². The van der Waals surface area contributed by atoms with E-state index in [-0.39, 0.29) is 0 Å². The van der Waals surface area contributed by atoms with Gasteiger partial charge in [0.05, 0.1) is 0 Å². The molecule has 0 amide bonds. The highest BCUT2D eigenvalue weighted by Crippen LogP contribution is 1.97. The summed E-state index contributed by atoms with van der Waals surface area (Å²) in [6.07, 6.45) is 5.38. The molecular weight excluding hydrogens is 340 g/mol. The van der Waals surface area contributed by atoms with Gasteiger partial charge in [0.25, 0.3) is 0 Å². The van der Waals surface area contributed by atoms with Crippen molar-refractivity contribution in [3.8, 4) is 0 Å². The van der Waals surface area contributed by atoms with Crippen LogP contribution in [0, 0.1) is 0 Å². The fourth-order valence-corrected chi connectivity index (χ4v) is 1.29. The fraction of sp³-hybridized carbons (Fsp3) is 0.500. The van der Waals surface area contributed by atoms with Crippen molar-refractivity contribution in [3.63, 3.8) is 0 Å². The van der Waals surface area contributed by atoms with E-state index in [0.717, 1.165) is 12.2 Å². The standard InChI is InChI=1S/C8H12N.C6H7N.C6H12.3C2H6/c1-2-6-9-7-4-3-5-8-9;7-6-4-2-1-3-5-6;1-5(2)6(3)4;3*1-2/h3-5,7-8H,2,6H2,1H3;1-5H,7H2;1-4H3;3*1-2H3/q+1;;;;;. The van der Waals surface area contributed by atoms with E-state index in [2.05, 4.69) is 63.7 Å². The van der Waals surface area contributed by atoms with Crippen molar-refractivity contribution >= 4 is 5.69 Å². The van der Waals surface area contributed by atoms with Crippen LogP contribution in [0.4, 0.5) is 5.69 Å². The third kappa shape index (κ3) is 28.7. The highest BCUT2D eigenvalue weighted by molar-refractivity contribution is 5.35.